The third-order valence-electron chi connectivity index (χ3n) is 7.14. The summed E-state index contributed by atoms with van der Waals surface area (Å²) < 4.78 is 40.8. The van der Waals surface area contributed by atoms with E-state index < -0.39 is 11.7 Å². The molecule has 1 fully saturated rings. The molecule has 1 aliphatic rings. The number of likely N-dealkylation sites (tertiary alicyclic amines) is 1. The Labute approximate surface area is 225 Å². The van der Waals surface area contributed by atoms with Crippen LogP contribution in [-0.4, -0.2) is 52.4 Å². The van der Waals surface area contributed by atoms with Gasteiger partial charge in [0.05, 0.1) is 11.3 Å². The summed E-state index contributed by atoms with van der Waals surface area (Å²) in [5.74, 6) is -0.0852. The van der Waals surface area contributed by atoms with Crippen LogP contribution in [-0.2, 0) is 6.18 Å². The number of carbonyl (C=O) groups excluding carboxylic acids is 1. The highest BCUT2D eigenvalue weighted by Crippen LogP contribution is 2.31. The number of imidazole rings is 1. The molecule has 4 aromatic rings. The normalized spacial score (nSPS) is 14.9. The van der Waals surface area contributed by atoms with Crippen molar-refractivity contribution in [2.75, 3.05) is 31.5 Å². The maximum atomic E-state index is 12.9. The fourth-order valence-corrected chi connectivity index (χ4v) is 4.95. The summed E-state index contributed by atoms with van der Waals surface area (Å²) >= 11 is 0. The minimum atomic E-state index is -4.33. The summed E-state index contributed by atoms with van der Waals surface area (Å²) in [4.78, 5) is 19.5. The molecule has 2 N–H and O–H groups in total. The number of piperidine rings is 1. The summed E-state index contributed by atoms with van der Waals surface area (Å²) in [6.45, 7) is 3.36. The number of benzene rings is 2. The summed E-state index contributed by atoms with van der Waals surface area (Å²) in [5.41, 5.74) is 3.22. The number of carbonyl (C=O) groups is 1. The van der Waals surface area contributed by atoms with E-state index in [4.69, 9.17) is 0 Å². The maximum Gasteiger partial charge on any atom is 0.416 e. The molecule has 0 bridgehead atoms. The first-order valence-electron chi connectivity index (χ1n) is 13.3. The van der Waals surface area contributed by atoms with E-state index >= 15 is 0 Å². The van der Waals surface area contributed by atoms with Crippen LogP contribution in [0.1, 0.15) is 41.6 Å². The van der Waals surface area contributed by atoms with Crippen LogP contribution in [0.15, 0.2) is 79.1 Å². The van der Waals surface area contributed by atoms with Crippen molar-refractivity contribution in [3.8, 4) is 11.3 Å². The Kier molecular flexibility index (Phi) is 8.16. The van der Waals surface area contributed by atoms with Crippen molar-refractivity contribution in [1.29, 1.82) is 0 Å². The van der Waals surface area contributed by atoms with Gasteiger partial charge >= 0.3 is 6.18 Å². The number of pyridine rings is 1. The van der Waals surface area contributed by atoms with Gasteiger partial charge < -0.3 is 19.9 Å². The zero-order chi connectivity index (χ0) is 27.2. The Morgan fingerprint density at radius 3 is 2.51 bits per heavy atom. The number of halogens is 3. The van der Waals surface area contributed by atoms with Gasteiger partial charge in [-0.3, -0.25) is 4.79 Å². The average Bonchev–Trinajstić information content (AvgIpc) is 3.38. The van der Waals surface area contributed by atoms with E-state index in [0.717, 1.165) is 68.3 Å². The van der Waals surface area contributed by atoms with E-state index in [1.165, 1.54) is 12.1 Å². The van der Waals surface area contributed by atoms with Gasteiger partial charge in [-0.25, -0.2) is 4.98 Å². The van der Waals surface area contributed by atoms with Gasteiger partial charge in [0.15, 0.2) is 0 Å². The molecule has 6 nitrogen and oxygen atoms in total. The molecule has 3 heterocycles. The van der Waals surface area contributed by atoms with Crippen molar-refractivity contribution < 1.29 is 18.0 Å². The number of fused-ring (bicyclic) bond motifs is 1. The van der Waals surface area contributed by atoms with Crippen molar-refractivity contribution in [2.45, 2.75) is 37.9 Å². The van der Waals surface area contributed by atoms with Crippen molar-refractivity contribution in [2.24, 2.45) is 0 Å². The molecule has 1 saturated heterocycles. The highest BCUT2D eigenvalue weighted by molar-refractivity contribution is 5.94. The molecule has 0 saturated carbocycles. The van der Waals surface area contributed by atoms with Crippen molar-refractivity contribution >= 4 is 17.2 Å². The van der Waals surface area contributed by atoms with Gasteiger partial charge in [-0.1, -0.05) is 24.3 Å². The lowest BCUT2D eigenvalue weighted by Crippen LogP contribution is -2.39. The molecule has 0 aliphatic carbocycles. The molecule has 0 atom stereocenters. The summed E-state index contributed by atoms with van der Waals surface area (Å²) in [6.07, 6.45) is 3.22. The summed E-state index contributed by atoms with van der Waals surface area (Å²) in [6, 6.07) is 18.9. The van der Waals surface area contributed by atoms with Gasteiger partial charge in [0, 0.05) is 54.9 Å². The van der Waals surface area contributed by atoms with E-state index in [9.17, 15) is 18.0 Å². The molecule has 1 amide bonds. The number of hydrogen-bond acceptors (Lipinski definition) is 4. The molecule has 5 rings (SSSR count). The van der Waals surface area contributed by atoms with Crippen LogP contribution in [0.4, 0.5) is 18.9 Å². The lowest BCUT2D eigenvalue weighted by molar-refractivity contribution is -0.137. The molecule has 0 unspecified atom stereocenters. The Hall–Kier alpha value is -3.85. The fraction of sp³-hybridized carbons (Fsp3) is 0.333. The lowest BCUT2D eigenvalue weighted by atomic mass is 10.0. The van der Waals surface area contributed by atoms with Gasteiger partial charge in [-0.05, 0) is 74.7 Å². The predicted molar refractivity (Wildman–Crippen MR) is 147 cm³/mol. The van der Waals surface area contributed by atoms with E-state index in [-0.39, 0.29) is 11.9 Å². The number of alkyl halides is 3. The van der Waals surface area contributed by atoms with Gasteiger partial charge in [-0.15, -0.1) is 0 Å². The van der Waals surface area contributed by atoms with E-state index in [0.29, 0.717) is 17.8 Å². The van der Waals surface area contributed by atoms with Crippen LogP contribution in [0.5, 0.6) is 0 Å². The van der Waals surface area contributed by atoms with Crippen LogP contribution in [0, 0.1) is 0 Å². The SMILES string of the molecule is O=C(NCCCCN1CCC(Nc2cccc(C(F)(F)F)c2)CC1)c1ccc(-c2cn3ccccc3n2)cc1. The smallest absolute Gasteiger partial charge is 0.382 e. The molecular formula is C30H32F3N5O. The molecule has 204 valence electrons. The molecule has 2 aromatic heterocycles. The van der Waals surface area contributed by atoms with E-state index in [1.807, 2.05) is 59.3 Å². The lowest BCUT2D eigenvalue weighted by Gasteiger charge is -2.33. The second-order valence-corrected chi connectivity index (χ2v) is 9.97. The number of nitrogens with one attached hydrogen (secondary N) is 2. The maximum absolute atomic E-state index is 12.9. The Morgan fingerprint density at radius 1 is 0.974 bits per heavy atom. The summed E-state index contributed by atoms with van der Waals surface area (Å²) in [5, 5.41) is 6.26. The molecule has 2 aromatic carbocycles. The first kappa shape index (κ1) is 26.7. The zero-order valence-electron chi connectivity index (χ0n) is 21.6. The number of unbranched alkanes of at least 4 members (excludes halogenated alkanes) is 1. The van der Waals surface area contributed by atoms with Gasteiger partial charge in [-0.2, -0.15) is 13.2 Å². The molecule has 1 aliphatic heterocycles. The Bertz CT molecular complexity index is 1360. The third kappa shape index (κ3) is 6.97. The molecular weight excluding hydrogens is 503 g/mol. The topological polar surface area (TPSA) is 61.7 Å². The van der Waals surface area contributed by atoms with Crippen molar-refractivity contribution in [3.05, 3.63) is 90.3 Å². The fourth-order valence-electron chi connectivity index (χ4n) is 4.95. The van der Waals surface area contributed by atoms with Crippen molar-refractivity contribution in [3.63, 3.8) is 0 Å². The zero-order valence-corrected chi connectivity index (χ0v) is 21.6. The Morgan fingerprint density at radius 2 is 1.77 bits per heavy atom. The minimum absolute atomic E-state index is 0.0852. The molecule has 0 radical (unpaired) electrons. The second kappa shape index (κ2) is 11.9. The first-order chi connectivity index (χ1) is 18.8. The minimum Gasteiger partial charge on any atom is -0.382 e. The van der Waals surface area contributed by atoms with E-state index in [2.05, 4.69) is 20.5 Å². The second-order valence-electron chi connectivity index (χ2n) is 9.97. The molecule has 0 spiro atoms. The third-order valence-corrected chi connectivity index (χ3v) is 7.14. The number of nitrogens with zero attached hydrogens (tertiary/aromatic N) is 3. The molecule has 39 heavy (non-hydrogen) atoms. The number of anilines is 1. The average molecular weight is 536 g/mol. The van der Waals surface area contributed by atoms with Crippen LogP contribution in [0.25, 0.3) is 16.9 Å². The number of hydrogen-bond donors (Lipinski definition) is 2. The first-order valence-corrected chi connectivity index (χ1v) is 13.3. The number of rotatable bonds is 9. The highest BCUT2D eigenvalue weighted by Gasteiger charge is 2.30. The predicted octanol–water partition coefficient (Wildman–Crippen LogP) is 6.11. The van der Waals surface area contributed by atoms with Crippen LogP contribution >= 0.6 is 0 Å². The van der Waals surface area contributed by atoms with Gasteiger partial charge in [0.2, 0.25) is 0 Å². The van der Waals surface area contributed by atoms with Gasteiger partial charge in [0.1, 0.15) is 5.65 Å². The largest absolute Gasteiger partial charge is 0.416 e. The van der Waals surface area contributed by atoms with Crippen LogP contribution in [0.2, 0.25) is 0 Å². The number of aromatic nitrogens is 2. The van der Waals surface area contributed by atoms with Gasteiger partial charge in [0.25, 0.3) is 5.91 Å². The molecule has 9 heteroatoms. The number of amides is 1. The van der Waals surface area contributed by atoms with Crippen molar-refractivity contribution in [1.82, 2.24) is 19.6 Å². The Balaban J connectivity index is 0.990. The van der Waals surface area contributed by atoms with Crippen LogP contribution in [0.3, 0.4) is 0 Å². The standard InChI is InChI=1S/C30H32F3N5O/c31-30(32,33)24-6-5-7-26(20-24)35-25-13-18-37(19-14-25)16-4-2-15-34-29(39)23-11-9-22(10-12-23)27-21-38-17-3-1-8-28(38)36-27/h1,3,5-12,17,20-21,25,35H,2,4,13-16,18-19H2,(H,34,39). The summed E-state index contributed by atoms with van der Waals surface area (Å²) in [7, 11) is 0. The monoisotopic (exact) mass is 535 g/mol. The van der Waals surface area contributed by atoms with E-state index in [1.54, 1.807) is 6.07 Å². The quantitative estimate of drug-likeness (QED) is 0.254. The van der Waals surface area contributed by atoms with Crippen LogP contribution < -0.4 is 10.6 Å². The highest BCUT2D eigenvalue weighted by atomic mass is 19.4.